The van der Waals surface area contributed by atoms with E-state index in [1.807, 2.05) is 36.4 Å². The number of likely N-dealkylation sites (N-methyl/N-ethyl adjacent to an activating group) is 1. The van der Waals surface area contributed by atoms with Crippen LogP contribution in [0, 0.1) is 5.92 Å². The van der Waals surface area contributed by atoms with E-state index in [-0.39, 0.29) is 17.5 Å². The SMILES string of the molecule is CN(C1CC[C@@]2(O)[C@H]3Cc4ccc(O)c5c4[C@@]2(CCN3CC2CC2)[C@H]1O5)S(=O)(=O)Cc1ccccc1. The maximum atomic E-state index is 13.6. The standard InChI is InChI=1S/C28H34N2O5S/c1-29(36(33,34)17-19-5-3-2-4-6-19)21-11-12-28(32)23-15-20-9-10-22(31)25-24(20)27(28,26(21)35-25)13-14-30(23)16-18-7-8-18/h2-6,9-10,18,21,23,26,31-32H,7-8,11-17H2,1H3/t21?,23-,26+,27+,28-/m1/s1. The number of benzene rings is 2. The molecule has 5 aliphatic rings. The molecule has 2 aromatic rings. The Labute approximate surface area is 212 Å². The second-order valence-corrected chi connectivity index (χ2v) is 13.7. The smallest absolute Gasteiger partial charge is 0.218 e. The molecule has 3 fully saturated rings. The Bertz CT molecular complexity index is 1310. The highest BCUT2D eigenvalue weighted by molar-refractivity contribution is 7.88. The number of nitrogens with zero attached hydrogens (tertiary/aromatic N) is 2. The van der Waals surface area contributed by atoms with Gasteiger partial charge in [-0.15, -0.1) is 0 Å². The van der Waals surface area contributed by atoms with E-state index in [1.54, 1.807) is 13.1 Å². The Kier molecular flexibility index (Phi) is 4.92. The molecule has 192 valence electrons. The lowest BCUT2D eigenvalue weighted by atomic mass is 9.48. The molecule has 0 aromatic heterocycles. The van der Waals surface area contributed by atoms with Gasteiger partial charge in [0.1, 0.15) is 6.10 Å². The van der Waals surface area contributed by atoms with Gasteiger partial charge in [-0.3, -0.25) is 4.90 Å². The van der Waals surface area contributed by atoms with E-state index in [1.165, 1.54) is 17.1 Å². The third-order valence-corrected chi connectivity index (χ3v) is 11.7. The molecule has 2 aliphatic heterocycles. The number of rotatable bonds is 6. The molecular formula is C28H34N2O5S. The van der Waals surface area contributed by atoms with Crippen molar-refractivity contribution < 1.29 is 23.4 Å². The predicted octanol–water partition coefficient (Wildman–Crippen LogP) is 2.79. The molecule has 0 radical (unpaired) electrons. The number of likely N-dealkylation sites (tertiary alicyclic amines) is 1. The summed E-state index contributed by atoms with van der Waals surface area (Å²) >= 11 is 0. The lowest BCUT2D eigenvalue weighted by Gasteiger charge is -2.64. The first-order chi connectivity index (χ1) is 17.2. The van der Waals surface area contributed by atoms with Crippen LogP contribution in [-0.4, -0.2) is 71.8 Å². The first kappa shape index (κ1) is 23.0. The van der Waals surface area contributed by atoms with E-state index in [0.29, 0.717) is 25.0 Å². The van der Waals surface area contributed by atoms with Crippen molar-refractivity contribution in [2.45, 2.75) is 73.5 Å². The van der Waals surface area contributed by atoms with Gasteiger partial charge in [-0.1, -0.05) is 36.4 Å². The first-order valence-electron chi connectivity index (χ1n) is 13.2. The normalized spacial score (nSPS) is 34.9. The molecular weight excluding hydrogens is 476 g/mol. The van der Waals surface area contributed by atoms with Crippen molar-refractivity contribution >= 4 is 10.0 Å². The van der Waals surface area contributed by atoms with Crippen LogP contribution in [0.3, 0.4) is 0 Å². The van der Waals surface area contributed by atoms with Crippen molar-refractivity contribution in [1.29, 1.82) is 0 Å². The van der Waals surface area contributed by atoms with E-state index in [2.05, 4.69) is 4.90 Å². The summed E-state index contributed by atoms with van der Waals surface area (Å²) in [4.78, 5) is 2.49. The molecule has 7 nitrogen and oxygen atoms in total. The average Bonchev–Trinajstić information content (AvgIpc) is 3.59. The monoisotopic (exact) mass is 510 g/mol. The van der Waals surface area contributed by atoms with Crippen LogP contribution in [0.4, 0.5) is 0 Å². The fraction of sp³-hybridized carbons (Fsp3) is 0.571. The molecule has 5 atom stereocenters. The van der Waals surface area contributed by atoms with Crippen molar-refractivity contribution in [1.82, 2.24) is 9.21 Å². The lowest BCUT2D eigenvalue weighted by molar-refractivity contribution is -0.195. The molecule has 7 rings (SSSR count). The summed E-state index contributed by atoms with van der Waals surface area (Å²) in [5.41, 5.74) is 1.05. The molecule has 8 heteroatoms. The van der Waals surface area contributed by atoms with Crippen LogP contribution >= 0.6 is 0 Å². The first-order valence-corrected chi connectivity index (χ1v) is 14.8. The van der Waals surface area contributed by atoms with Crippen LogP contribution in [0.2, 0.25) is 0 Å². The highest BCUT2D eigenvalue weighted by Gasteiger charge is 2.73. The Morgan fingerprint density at radius 1 is 1.11 bits per heavy atom. The predicted molar refractivity (Wildman–Crippen MR) is 135 cm³/mol. The van der Waals surface area contributed by atoms with Crippen LogP contribution in [0.15, 0.2) is 42.5 Å². The quantitative estimate of drug-likeness (QED) is 0.621. The van der Waals surface area contributed by atoms with Gasteiger partial charge in [0.2, 0.25) is 10.0 Å². The van der Waals surface area contributed by atoms with Crippen LogP contribution in [0.1, 0.15) is 48.8 Å². The summed E-state index contributed by atoms with van der Waals surface area (Å²) in [7, 11) is -1.98. The van der Waals surface area contributed by atoms with Gasteiger partial charge in [-0.2, -0.15) is 4.31 Å². The molecule has 36 heavy (non-hydrogen) atoms. The largest absolute Gasteiger partial charge is 0.504 e. The maximum absolute atomic E-state index is 13.6. The van der Waals surface area contributed by atoms with Crippen molar-refractivity contribution in [3.63, 3.8) is 0 Å². The Morgan fingerprint density at radius 2 is 1.89 bits per heavy atom. The summed E-state index contributed by atoms with van der Waals surface area (Å²) in [6.45, 7) is 1.87. The fourth-order valence-corrected chi connectivity index (χ4v) is 9.37. The van der Waals surface area contributed by atoms with Crippen LogP contribution in [-0.2, 0) is 27.6 Å². The minimum absolute atomic E-state index is 0.0203. The molecule has 0 amide bonds. The third-order valence-electron chi connectivity index (χ3n) is 9.83. The number of ether oxygens (including phenoxy) is 1. The van der Waals surface area contributed by atoms with Gasteiger partial charge in [-0.25, -0.2) is 8.42 Å². The van der Waals surface area contributed by atoms with Crippen LogP contribution < -0.4 is 4.74 Å². The molecule has 2 heterocycles. The zero-order valence-corrected chi connectivity index (χ0v) is 21.5. The van der Waals surface area contributed by atoms with Crippen molar-refractivity contribution in [3.8, 4) is 11.5 Å². The average molecular weight is 511 g/mol. The number of aromatic hydroxyl groups is 1. The minimum atomic E-state index is -3.63. The minimum Gasteiger partial charge on any atom is -0.504 e. The molecule has 2 bridgehead atoms. The van der Waals surface area contributed by atoms with E-state index in [9.17, 15) is 18.6 Å². The molecule has 3 aliphatic carbocycles. The maximum Gasteiger partial charge on any atom is 0.218 e. The Balaban J connectivity index is 1.30. The highest BCUT2D eigenvalue weighted by Crippen LogP contribution is 2.66. The van der Waals surface area contributed by atoms with Crippen LogP contribution in [0.25, 0.3) is 0 Å². The van der Waals surface area contributed by atoms with E-state index >= 15 is 0 Å². The van der Waals surface area contributed by atoms with Gasteiger partial charge in [0, 0.05) is 25.2 Å². The molecule has 1 spiro atoms. The Morgan fingerprint density at radius 3 is 2.64 bits per heavy atom. The van der Waals surface area contributed by atoms with Crippen LogP contribution in [0.5, 0.6) is 11.5 Å². The molecule has 2 saturated carbocycles. The van der Waals surface area contributed by atoms with Crippen molar-refractivity contribution in [2.75, 3.05) is 20.1 Å². The number of piperidine rings is 1. The van der Waals surface area contributed by atoms with Gasteiger partial charge < -0.3 is 14.9 Å². The second-order valence-electron chi connectivity index (χ2n) is 11.7. The van der Waals surface area contributed by atoms with Gasteiger partial charge >= 0.3 is 0 Å². The second kappa shape index (κ2) is 7.69. The number of phenols is 1. The summed E-state index contributed by atoms with van der Waals surface area (Å²) in [5.74, 6) is 1.17. The summed E-state index contributed by atoms with van der Waals surface area (Å²) in [6, 6.07) is 12.5. The fourth-order valence-electron chi connectivity index (χ4n) is 7.92. The number of aliphatic hydroxyl groups is 1. The van der Waals surface area contributed by atoms with Gasteiger partial charge in [0.15, 0.2) is 11.5 Å². The highest BCUT2D eigenvalue weighted by atomic mass is 32.2. The topological polar surface area (TPSA) is 90.3 Å². The number of hydrogen-bond acceptors (Lipinski definition) is 6. The number of hydrogen-bond donors (Lipinski definition) is 2. The summed E-state index contributed by atoms with van der Waals surface area (Å²) < 4.78 is 35.2. The number of phenolic OH excluding ortho intramolecular Hbond substituents is 1. The van der Waals surface area contributed by atoms with Crippen molar-refractivity contribution in [2.24, 2.45) is 5.92 Å². The molecule has 2 aromatic carbocycles. The zero-order valence-electron chi connectivity index (χ0n) is 20.6. The summed E-state index contributed by atoms with van der Waals surface area (Å²) in [6.07, 6.45) is 4.45. The van der Waals surface area contributed by atoms with Gasteiger partial charge in [0.25, 0.3) is 0 Å². The van der Waals surface area contributed by atoms with E-state index < -0.39 is 33.2 Å². The van der Waals surface area contributed by atoms with Gasteiger partial charge in [-0.05, 0) is 68.2 Å². The van der Waals surface area contributed by atoms with E-state index in [0.717, 1.165) is 42.1 Å². The van der Waals surface area contributed by atoms with Crippen molar-refractivity contribution in [3.05, 3.63) is 59.2 Å². The molecule has 1 saturated heterocycles. The van der Waals surface area contributed by atoms with E-state index in [4.69, 9.17) is 4.74 Å². The Hall–Kier alpha value is -2.13. The zero-order chi connectivity index (χ0) is 24.9. The summed E-state index contributed by atoms with van der Waals surface area (Å²) in [5, 5.41) is 23.4. The van der Waals surface area contributed by atoms with Gasteiger partial charge in [0.05, 0.1) is 22.8 Å². The molecule has 2 N–H and O–H groups in total. The molecule has 1 unspecified atom stereocenters. The third kappa shape index (κ3) is 3.04. The number of sulfonamides is 1. The lowest BCUT2D eigenvalue weighted by Crippen LogP contribution is -2.78.